The molecule has 0 saturated carbocycles. The van der Waals surface area contributed by atoms with Crippen LogP contribution in [0.15, 0.2) is 42.5 Å². The summed E-state index contributed by atoms with van der Waals surface area (Å²) < 4.78 is 11.8. The molecule has 2 aliphatic rings. The third-order valence-electron chi connectivity index (χ3n) is 5.62. The molecule has 0 aromatic heterocycles. The predicted molar refractivity (Wildman–Crippen MR) is 105 cm³/mol. The summed E-state index contributed by atoms with van der Waals surface area (Å²) in [6, 6.07) is 12.5. The van der Waals surface area contributed by atoms with Crippen molar-refractivity contribution >= 4 is 17.6 Å². The SMILES string of the molecule is CCC1(C)NC(=O)N(c2ccc(Oc3ccc4c(c3)C(C)(C)OC4)cc2)C1=O. The van der Waals surface area contributed by atoms with Crippen molar-refractivity contribution < 1.29 is 19.1 Å². The Hall–Kier alpha value is -2.86. The van der Waals surface area contributed by atoms with Crippen LogP contribution in [0.4, 0.5) is 10.5 Å². The van der Waals surface area contributed by atoms with Gasteiger partial charge in [-0.05, 0) is 74.7 Å². The first-order valence-electron chi connectivity index (χ1n) is 9.45. The highest BCUT2D eigenvalue weighted by Gasteiger charge is 2.47. The predicted octanol–water partition coefficient (Wildman–Crippen LogP) is 4.47. The molecule has 28 heavy (non-hydrogen) atoms. The summed E-state index contributed by atoms with van der Waals surface area (Å²) >= 11 is 0. The van der Waals surface area contributed by atoms with Gasteiger partial charge in [-0.2, -0.15) is 0 Å². The van der Waals surface area contributed by atoms with Crippen molar-refractivity contribution in [3.8, 4) is 11.5 Å². The van der Waals surface area contributed by atoms with E-state index in [-0.39, 0.29) is 11.5 Å². The molecule has 146 valence electrons. The Labute approximate surface area is 164 Å². The first-order valence-corrected chi connectivity index (χ1v) is 9.45. The quantitative estimate of drug-likeness (QED) is 0.795. The van der Waals surface area contributed by atoms with Gasteiger partial charge in [0.1, 0.15) is 17.0 Å². The number of nitrogens with zero attached hydrogens (tertiary/aromatic N) is 1. The number of amides is 3. The zero-order valence-electron chi connectivity index (χ0n) is 16.5. The monoisotopic (exact) mass is 380 g/mol. The van der Waals surface area contributed by atoms with Gasteiger partial charge in [-0.25, -0.2) is 9.69 Å². The van der Waals surface area contributed by atoms with E-state index in [2.05, 4.69) is 5.32 Å². The maximum atomic E-state index is 12.6. The largest absolute Gasteiger partial charge is 0.457 e. The lowest BCUT2D eigenvalue weighted by Crippen LogP contribution is -2.43. The fourth-order valence-electron chi connectivity index (χ4n) is 3.60. The number of carbonyl (C=O) groups is 2. The van der Waals surface area contributed by atoms with Crippen LogP contribution in [0.2, 0.25) is 0 Å². The van der Waals surface area contributed by atoms with Crippen molar-refractivity contribution in [1.29, 1.82) is 0 Å². The smallest absolute Gasteiger partial charge is 0.329 e. The molecule has 6 nitrogen and oxygen atoms in total. The molecule has 2 heterocycles. The van der Waals surface area contributed by atoms with Crippen molar-refractivity contribution in [3.63, 3.8) is 0 Å². The van der Waals surface area contributed by atoms with Crippen LogP contribution in [0.1, 0.15) is 45.2 Å². The van der Waals surface area contributed by atoms with E-state index in [1.54, 1.807) is 31.2 Å². The standard InChI is InChI=1S/C22H24N2O4/c1-5-22(4)19(25)24(20(26)23-22)15-7-10-16(11-8-15)28-17-9-6-14-13-27-21(2,3)18(14)12-17/h6-12H,5,13H2,1-4H3,(H,23,26). The van der Waals surface area contributed by atoms with E-state index in [4.69, 9.17) is 9.47 Å². The van der Waals surface area contributed by atoms with Crippen molar-refractivity contribution in [3.05, 3.63) is 53.6 Å². The van der Waals surface area contributed by atoms with Crippen molar-refractivity contribution in [2.75, 3.05) is 4.90 Å². The molecule has 1 unspecified atom stereocenters. The van der Waals surface area contributed by atoms with Gasteiger partial charge in [-0.15, -0.1) is 0 Å². The molecule has 0 bridgehead atoms. The molecule has 1 N–H and O–H groups in total. The fraction of sp³-hybridized carbons (Fsp3) is 0.364. The number of ether oxygens (including phenoxy) is 2. The summed E-state index contributed by atoms with van der Waals surface area (Å²) in [4.78, 5) is 26.1. The van der Waals surface area contributed by atoms with Gasteiger partial charge in [0.05, 0.1) is 17.9 Å². The van der Waals surface area contributed by atoms with Gasteiger partial charge in [-0.3, -0.25) is 4.79 Å². The Morgan fingerprint density at radius 2 is 1.75 bits per heavy atom. The molecule has 2 aromatic carbocycles. The van der Waals surface area contributed by atoms with Crippen molar-refractivity contribution in [2.24, 2.45) is 0 Å². The Balaban J connectivity index is 1.54. The second-order valence-corrected chi connectivity index (χ2v) is 7.97. The molecule has 1 fully saturated rings. The number of urea groups is 1. The van der Waals surface area contributed by atoms with Crippen LogP contribution in [0.25, 0.3) is 0 Å². The number of hydrogen-bond acceptors (Lipinski definition) is 4. The molecular weight excluding hydrogens is 356 g/mol. The highest BCUT2D eigenvalue weighted by atomic mass is 16.5. The average Bonchev–Trinajstić information content (AvgIpc) is 3.09. The minimum atomic E-state index is -0.856. The van der Waals surface area contributed by atoms with E-state index in [9.17, 15) is 9.59 Å². The molecule has 1 saturated heterocycles. The molecule has 1 atom stereocenters. The molecule has 6 heteroatoms. The van der Waals surface area contributed by atoms with E-state index in [1.165, 1.54) is 10.5 Å². The summed E-state index contributed by atoms with van der Waals surface area (Å²) in [6.07, 6.45) is 0.535. The minimum absolute atomic E-state index is 0.241. The van der Waals surface area contributed by atoms with Crippen LogP contribution < -0.4 is 15.0 Å². The molecular formula is C22H24N2O4. The summed E-state index contributed by atoms with van der Waals surface area (Å²) in [5.74, 6) is 1.11. The number of anilines is 1. The second kappa shape index (κ2) is 6.34. The molecule has 3 amide bonds. The van der Waals surface area contributed by atoms with Crippen LogP contribution in [0.5, 0.6) is 11.5 Å². The van der Waals surface area contributed by atoms with Gasteiger partial charge >= 0.3 is 6.03 Å². The molecule has 2 aromatic rings. The normalized spacial score (nSPS) is 22.9. The van der Waals surface area contributed by atoms with E-state index in [1.807, 2.05) is 39.0 Å². The van der Waals surface area contributed by atoms with Gasteiger partial charge in [0.25, 0.3) is 5.91 Å². The summed E-state index contributed by atoms with van der Waals surface area (Å²) in [7, 11) is 0. The number of fused-ring (bicyclic) bond motifs is 1. The van der Waals surface area contributed by atoms with Gasteiger partial charge < -0.3 is 14.8 Å². The Morgan fingerprint density at radius 3 is 2.39 bits per heavy atom. The average molecular weight is 380 g/mol. The van der Waals surface area contributed by atoms with Crippen LogP contribution >= 0.6 is 0 Å². The number of carbonyl (C=O) groups excluding carboxylic acids is 2. The van der Waals surface area contributed by atoms with Gasteiger partial charge in [0.2, 0.25) is 0 Å². The van der Waals surface area contributed by atoms with E-state index < -0.39 is 11.6 Å². The molecule has 0 aliphatic carbocycles. The molecule has 0 spiro atoms. The van der Waals surface area contributed by atoms with Crippen LogP contribution in [0.3, 0.4) is 0 Å². The Bertz CT molecular complexity index is 952. The summed E-state index contributed by atoms with van der Waals surface area (Å²) in [6.45, 7) is 8.31. The van der Waals surface area contributed by atoms with Gasteiger partial charge in [0.15, 0.2) is 0 Å². The van der Waals surface area contributed by atoms with E-state index >= 15 is 0 Å². The number of rotatable bonds is 4. The molecule has 4 rings (SSSR count). The van der Waals surface area contributed by atoms with Gasteiger partial charge in [0, 0.05) is 0 Å². The van der Waals surface area contributed by atoms with Crippen molar-refractivity contribution in [1.82, 2.24) is 5.32 Å². The summed E-state index contributed by atoms with van der Waals surface area (Å²) in [5.41, 5.74) is 1.64. The van der Waals surface area contributed by atoms with Crippen LogP contribution in [-0.2, 0) is 21.7 Å². The minimum Gasteiger partial charge on any atom is -0.457 e. The fourth-order valence-corrected chi connectivity index (χ4v) is 3.60. The second-order valence-electron chi connectivity index (χ2n) is 7.97. The number of nitrogens with one attached hydrogen (secondary N) is 1. The highest BCUT2D eigenvalue weighted by molar-refractivity contribution is 6.23. The van der Waals surface area contributed by atoms with Crippen LogP contribution in [-0.4, -0.2) is 17.5 Å². The maximum Gasteiger partial charge on any atom is 0.329 e. The lowest BCUT2D eigenvalue weighted by Gasteiger charge is -2.19. The number of hydrogen-bond donors (Lipinski definition) is 1. The number of imide groups is 1. The number of benzene rings is 2. The van der Waals surface area contributed by atoms with Gasteiger partial charge in [-0.1, -0.05) is 13.0 Å². The highest BCUT2D eigenvalue weighted by Crippen LogP contribution is 2.38. The lowest BCUT2D eigenvalue weighted by atomic mass is 9.96. The van der Waals surface area contributed by atoms with Crippen LogP contribution in [0, 0.1) is 0 Å². The van der Waals surface area contributed by atoms with E-state index in [0.717, 1.165) is 11.3 Å². The molecule has 0 radical (unpaired) electrons. The maximum absolute atomic E-state index is 12.6. The van der Waals surface area contributed by atoms with Crippen molar-refractivity contribution in [2.45, 2.75) is 51.9 Å². The lowest BCUT2D eigenvalue weighted by molar-refractivity contribution is -0.121. The van der Waals surface area contributed by atoms with E-state index in [0.29, 0.717) is 24.5 Å². The topological polar surface area (TPSA) is 67.9 Å². The first-order chi connectivity index (χ1) is 13.2. The summed E-state index contributed by atoms with van der Waals surface area (Å²) in [5, 5.41) is 2.76. The zero-order chi connectivity index (χ0) is 20.1. The Morgan fingerprint density at radius 1 is 1.07 bits per heavy atom. The first kappa shape index (κ1) is 18.5. The zero-order valence-corrected chi connectivity index (χ0v) is 16.5. The third-order valence-corrected chi connectivity index (χ3v) is 5.62. The Kier molecular flexibility index (Phi) is 4.19. The molecule has 2 aliphatic heterocycles. The third kappa shape index (κ3) is 2.94.